The van der Waals surface area contributed by atoms with Crippen LogP contribution in [0.2, 0.25) is 0 Å². The molecule has 0 aliphatic heterocycles. The molecule has 1 unspecified atom stereocenters. The number of aromatic nitrogens is 2. The van der Waals surface area contributed by atoms with Crippen molar-refractivity contribution < 1.29 is 5.11 Å². The Bertz CT molecular complexity index is 781. The van der Waals surface area contributed by atoms with Crippen LogP contribution in [0.5, 0.6) is 0 Å². The van der Waals surface area contributed by atoms with E-state index in [2.05, 4.69) is 15.3 Å². The van der Waals surface area contributed by atoms with Gasteiger partial charge in [0.15, 0.2) is 0 Å². The molecule has 5 heteroatoms. The van der Waals surface area contributed by atoms with Gasteiger partial charge in [0.2, 0.25) is 0 Å². The molecular weight excluding hydrogens is 312 g/mol. The minimum Gasteiger partial charge on any atom is -0.389 e. The zero-order valence-electron chi connectivity index (χ0n) is 15.3. The van der Waals surface area contributed by atoms with E-state index in [0.29, 0.717) is 6.42 Å². The van der Waals surface area contributed by atoms with Gasteiger partial charge in [0, 0.05) is 42.2 Å². The summed E-state index contributed by atoms with van der Waals surface area (Å²) in [6.45, 7) is 8.58. The van der Waals surface area contributed by atoms with Crippen molar-refractivity contribution in [2.45, 2.75) is 40.2 Å². The number of allylic oxidation sites excluding steroid dienone is 2. The van der Waals surface area contributed by atoms with Crippen molar-refractivity contribution in [2.75, 3.05) is 6.54 Å². The molecule has 0 bridgehead atoms. The second-order valence-electron chi connectivity index (χ2n) is 6.16. The molecule has 0 radical (unpaired) electrons. The van der Waals surface area contributed by atoms with Gasteiger partial charge in [-0.2, -0.15) is 0 Å². The summed E-state index contributed by atoms with van der Waals surface area (Å²) in [7, 11) is 0. The van der Waals surface area contributed by atoms with Crippen molar-refractivity contribution >= 4 is 6.21 Å². The van der Waals surface area contributed by atoms with E-state index in [-0.39, 0.29) is 0 Å². The summed E-state index contributed by atoms with van der Waals surface area (Å²) in [5.41, 5.74) is 6.46. The quantitative estimate of drug-likeness (QED) is 0.674. The number of hydrogen-bond donors (Lipinski definition) is 3. The molecule has 1 aromatic carbocycles. The Morgan fingerprint density at radius 1 is 1.40 bits per heavy atom. The molecule has 25 heavy (non-hydrogen) atoms. The van der Waals surface area contributed by atoms with Crippen molar-refractivity contribution in [1.29, 1.82) is 5.41 Å². The standard InChI is InChI=1S/C20H26N4O/c1-5-23-14(3)16(10-21)9-17-11-22-12-24-20(17)18-7-6-13(2)8-19(18)15(4)25/h6-8,10-12,15,21,23,25H,5,9H2,1-4H3/b16-14-,21-10?. The number of hydrogen-bond acceptors (Lipinski definition) is 5. The predicted molar refractivity (Wildman–Crippen MR) is 102 cm³/mol. The summed E-state index contributed by atoms with van der Waals surface area (Å²) in [6, 6.07) is 6.00. The smallest absolute Gasteiger partial charge is 0.116 e. The maximum absolute atomic E-state index is 10.2. The fraction of sp³-hybridized carbons (Fsp3) is 0.350. The molecule has 2 aromatic rings. The van der Waals surface area contributed by atoms with Crippen LogP contribution < -0.4 is 5.32 Å². The van der Waals surface area contributed by atoms with Gasteiger partial charge in [0.1, 0.15) is 6.33 Å². The third kappa shape index (κ3) is 4.51. The number of nitrogens with one attached hydrogen (secondary N) is 2. The Morgan fingerprint density at radius 3 is 2.80 bits per heavy atom. The normalized spacial score (nSPS) is 13.2. The van der Waals surface area contributed by atoms with Crippen molar-refractivity contribution in [3.63, 3.8) is 0 Å². The lowest BCUT2D eigenvalue weighted by molar-refractivity contribution is 0.200. The zero-order valence-corrected chi connectivity index (χ0v) is 15.3. The van der Waals surface area contributed by atoms with Crippen molar-refractivity contribution in [2.24, 2.45) is 0 Å². The number of aryl methyl sites for hydroxylation is 1. The van der Waals surface area contributed by atoms with Gasteiger partial charge in [-0.1, -0.05) is 23.8 Å². The first-order valence-electron chi connectivity index (χ1n) is 8.49. The third-order valence-corrected chi connectivity index (χ3v) is 4.18. The van der Waals surface area contributed by atoms with Gasteiger partial charge in [-0.25, -0.2) is 9.97 Å². The molecule has 0 aliphatic carbocycles. The van der Waals surface area contributed by atoms with Gasteiger partial charge in [-0.3, -0.25) is 0 Å². The molecule has 1 heterocycles. The van der Waals surface area contributed by atoms with Gasteiger partial charge in [0.05, 0.1) is 11.8 Å². The molecule has 132 valence electrons. The lowest BCUT2D eigenvalue weighted by Gasteiger charge is -2.16. The molecule has 0 amide bonds. The second-order valence-corrected chi connectivity index (χ2v) is 6.16. The van der Waals surface area contributed by atoms with Gasteiger partial charge < -0.3 is 15.8 Å². The number of aliphatic hydroxyl groups excluding tert-OH is 1. The lowest BCUT2D eigenvalue weighted by atomic mass is 9.94. The van der Waals surface area contributed by atoms with E-state index in [9.17, 15) is 5.11 Å². The van der Waals surface area contributed by atoms with Gasteiger partial charge in [-0.05, 0) is 38.8 Å². The van der Waals surface area contributed by atoms with Crippen LogP contribution in [0.3, 0.4) is 0 Å². The maximum Gasteiger partial charge on any atom is 0.116 e. The van der Waals surface area contributed by atoms with Gasteiger partial charge >= 0.3 is 0 Å². The predicted octanol–water partition coefficient (Wildman–Crippen LogP) is 3.58. The van der Waals surface area contributed by atoms with E-state index >= 15 is 0 Å². The van der Waals surface area contributed by atoms with E-state index in [0.717, 1.165) is 45.8 Å². The highest BCUT2D eigenvalue weighted by atomic mass is 16.3. The van der Waals surface area contributed by atoms with E-state index in [1.54, 1.807) is 13.1 Å². The van der Waals surface area contributed by atoms with Crippen LogP contribution in [0.15, 0.2) is 42.0 Å². The fourth-order valence-electron chi connectivity index (χ4n) is 2.85. The Balaban J connectivity index is 2.53. The van der Waals surface area contributed by atoms with Crippen LogP contribution in [0.25, 0.3) is 11.3 Å². The monoisotopic (exact) mass is 338 g/mol. The molecule has 0 saturated heterocycles. The molecule has 1 aromatic heterocycles. The average Bonchev–Trinajstić information content (AvgIpc) is 2.60. The number of nitrogens with zero attached hydrogens (tertiary/aromatic N) is 2. The lowest BCUT2D eigenvalue weighted by Crippen LogP contribution is -2.14. The summed E-state index contributed by atoms with van der Waals surface area (Å²) in [5.74, 6) is 0. The summed E-state index contributed by atoms with van der Waals surface area (Å²) in [6.07, 6.45) is 4.66. The van der Waals surface area contributed by atoms with E-state index in [4.69, 9.17) is 5.41 Å². The molecule has 0 fully saturated rings. The largest absolute Gasteiger partial charge is 0.389 e. The molecular formula is C20H26N4O. The van der Waals surface area contributed by atoms with Crippen molar-refractivity contribution in [3.8, 4) is 11.3 Å². The van der Waals surface area contributed by atoms with E-state index in [1.165, 1.54) is 12.5 Å². The highest BCUT2D eigenvalue weighted by Crippen LogP contribution is 2.30. The number of aliphatic hydroxyl groups is 1. The van der Waals surface area contributed by atoms with Crippen LogP contribution in [0.4, 0.5) is 0 Å². The summed E-state index contributed by atoms with van der Waals surface area (Å²) in [4.78, 5) is 8.64. The molecule has 0 spiro atoms. The van der Waals surface area contributed by atoms with E-state index < -0.39 is 6.10 Å². The first-order valence-corrected chi connectivity index (χ1v) is 8.49. The Morgan fingerprint density at radius 2 is 2.16 bits per heavy atom. The average molecular weight is 338 g/mol. The molecule has 2 rings (SSSR count). The van der Waals surface area contributed by atoms with Crippen LogP contribution in [-0.4, -0.2) is 27.8 Å². The Hall–Kier alpha value is -2.53. The van der Waals surface area contributed by atoms with Crippen molar-refractivity contribution in [3.05, 3.63) is 58.7 Å². The Kier molecular flexibility index (Phi) is 6.42. The van der Waals surface area contributed by atoms with Crippen LogP contribution in [0.1, 0.15) is 43.6 Å². The van der Waals surface area contributed by atoms with Crippen LogP contribution in [0, 0.1) is 12.3 Å². The summed E-state index contributed by atoms with van der Waals surface area (Å²) < 4.78 is 0. The SMILES string of the molecule is CCN/C(C)=C(\C=N)Cc1cncnc1-c1ccc(C)cc1C(C)O. The highest BCUT2D eigenvalue weighted by molar-refractivity contribution is 5.79. The molecule has 3 N–H and O–H groups in total. The molecule has 5 nitrogen and oxygen atoms in total. The highest BCUT2D eigenvalue weighted by Gasteiger charge is 2.16. The van der Waals surface area contributed by atoms with Gasteiger partial charge in [0.25, 0.3) is 0 Å². The summed E-state index contributed by atoms with van der Waals surface area (Å²) >= 11 is 0. The second kappa shape index (κ2) is 8.53. The minimum atomic E-state index is -0.584. The zero-order chi connectivity index (χ0) is 18.4. The number of rotatable bonds is 7. The Labute approximate surface area is 149 Å². The van der Waals surface area contributed by atoms with Crippen LogP contribution >= 0.6 is 0 Å². The molecule has 0 aliphatic rings. The fourth-order valence-corrected chi connectivity index (χ4v) is 2.85. The first-order chi connectivity index (χ1) is 12.0. The van der Waals surface area contributed by atoms with E-state index in [1.807, 2.05) is 39.0 Å². The number of benzene rings is 1. The topological polar surface area (TPSA) is 81.9 Å². The maximum atomic E-state index is 10.2. The van der Waals surface area contributed by atoms with Crippen LogP contribution in [-0.2, 0) is 6.42 Å². The molecule has 0 saturated carbocycles. The van der Waals surface area contributed by atoms with Crippen molar-refractivity contribution in [1.82, 2.24) is 15.3 Å². The summed E-state index contributed by atoms with van der Waals surface area (Å²) in [5, 5.41) is 21.2. The molecule has 1 atom stereocenters. The first kappa shape index (κ1) is 18.8. The minimum absolute atomic E-state index is 0.561. The third-order valence-electron chi connectivity index (χ3n) is 4.18. The van der Waals surface area contributed by atoms with Gasteiger partial charge in [-0.15, -0.1) is 0 Å².